The largest absolute Gasteiger partial charge is 0.385 e. The van der Waals surface area contributed by atoms with Crippen molar-refractivity contribution in [2.24, 2.45) is 5.92 Å². The lowest BCUT2D eigenvalue weighted by Crippen LogP contribution is -2.40. The number of aromatic nitrogens is 2. The number of sulfone groups is 1. The molecule has 1 aromatic rings. The van der Waals surface area contributed by atoms with Crippen molar-refractivity contribution in [1.82, 2.24) is 14.5 Å². The predicted molar refractivity (Wildman–Crippen MR) is 109 cm³/mol. The van der Waals surface area contributed by atoms with Crippen molar-refractivity contribution in [3.8, 4) is 0 Å². The highest BCUT2D eigenvalue weighted by molar-refractivity contribution is 7.91. The normalized spacial score (nSPS) is 19.3. The van der Waals surface area contributed by atoms with Crippen LogP contribution < -0.4 is 0 Å². The third-order valence-electron chi connectivity index (χ3n) is 5.48. The second kappa shape index (κ2) is 10.0. The molecule has 0 N–H and O–H groups in total. The molecule has 1 aliphatic rings. The monoisotopic (exact) mass is 399 g/mol. The Labute approximate surface area is 165 Å². The van der Waals surface area contributed by atoms with Gasteiger partial charge >= 0.3 is 0 Å². The van der Waals surface area contributed by atoms with Gasteiger partial charge in [0, 0.05) is 32.8 Å². The van der Waals surface area contributed by atoms with Crippen LogP contribution in [0.3, 0.4) is 0 Å². The zero-order chi connectivity index (χ0) is 20.0. The average molecular weight is 400 g/mol. The van der Waals surface area contributed by atoms with E-state index in [-0.39, 0.29) is 5.16 Å². The van der Waals surface area contributed by atoms with Crippen LogP contribution in [-0.2, 0) is 27.7 Å². The van der Waals surface area contributed by atoms with Gasteiger partial charge in [0.1, 0.15) is 0 Å². The van der Waals surface area contributed by atoms with Crippen molar-refractivity contribution in [3.05, 3.63) is 11.9 Å². The highest BCUT2D eigenvalue weighted by Gasteiger charge is 2.29. The molecular formula is C20H37N3O3S. The van der Waals surface area contributed by atoms with E-state index in [9.17, 15) is 8.42 Å². The summed E-state index contributed by atoms with van der Waals surface area (Å²) in [6.07, 6.45) is 7.37. The molecule has 1 aliphatic heterocycles. The molecule has 1 unspecified atom stereocenters. The van der Waals surface area contributed by atoms with Gasteiger partial charge in [0.25, 0.3) is 0 Å². The van der Waals surface area contributed by atoms with Crippen molar-refractivity contribution < 1.29 is 13.2 Å². The molecule has 2 heterocycles. The van der Waals surface area contributed by atoms with E-state index in [2.05, 4.69) is 23.7 Å². The summed E-state index contributed by atoms with van der Waals surface area (Å²) in [4.78, 5) is 6.85. The van der Waals surface area contributed by atoms with Crippen molar-refractivity contribution in [2.75, 3.05) is 20.3 Å². The predicted octanol–water partition coefficient (Wildman–Crippen LogP) is 3.50. The Morgan fingerprint density at radius 3 is 2.63 bits per heavy atom. The summed E-state index contributed by atoms with van der Waals surface area (Å²) in [5.41, 5.74) is 1.01. The van der Waals surface area contributed by atoms with Crippen molar-refractivity contribution in [2.45, 2.75) is 89.3 Å². The van der Waals surface area contributed by atoms with Crippen LogP contribution in [-0.4, -0.2) is 54.4 Å². The molecule has 27 heavy (non-hydrogen) atoms. The molecule has 0 radical (unpaired) electrons. The van der Waals surface area contributed by atoms with Crippen LogP contribution in [0.15, 0.2) is 11.4 Å². The van der Waals surface area contributed by atoms with E-state index in [0.29, 0.717) is 18.5 Å². The smallest absolute Gasteiger partial charge is 0.228 e. The van der Waals surface area contributed by atoms with Crippen LogP contribution in [0.25, 0.3) is 0 Å². The van der Waals surface area contributed by atoms with Gasteiger partial charge in [-0.15, -0.1) is 0 Å². The van der Waals surface area contributed by atoms with Crippen LogP contribution in [0.4, 0.5) is 0 Å². The van der Waals surface area contributed by atoms with Gasteiger partial charge in [-0.3, -0.25) is 4.90 Å². The zero-order valence-electron chi connectivity index (χ0n) is 17.6. The first kappa shape index (κ1) is 22.4. The fraction of sp³-hybridized carbons (Fsp3) is 0.850. The van der Waals surface area contributed by atoms with Gasteiger partial charge in [0.15, 0.2) is 0 Å². The Morgan fingerprint density at radius 2 is 2.00 bits per heavy atom. The number of hydrogen-bond acceptors (Lipinski definition) is 5. The van der Waals surface area contributed by atoms with Gasteiger partial charge in [-0.2, -0.15) is 0 Å². The molecule has 1 aromatic heterocycles. The summed E-state index contributed by atoms with van der Waals surface area (Å²) in [5, 5.41) is -0.228. The highest BCUT2D eigenvalue weighted by atomic mass is 32.2. The number of rotatable bonds is 10. The number of piperidine rings is 1. The van der Waals surface area contributed by atoms with E-state index in [1.165, 1.54) is 19.3 Å². The standard InChI is InChI=1S/C20H37N3O3S/c1-16(2)9-12-23-19(14-21-20(23)27(24,25)17(3)4)15-22-11-7-6-8-18(22)10-13-26-5/h14,16-18H,6-13,15H2,1-5H3. The van der Waals surface area contributed by atoms with Gasteiger partial charge in [-0.05, 0) is 52.0 Å². The van der Waals surface area contributed by atoms with E-state index >= 15 is 0 Å². The Kier molecular flexibility index (Phi) is 8.31. The summed E-state index contributed by atoms with van der Waals surface area (Å²) in [7, 11) is -1.64. The third-order valence-corrected chi connectivity index (χ3v) is 7.55. The molecule has 1 fully saturated rings. The summed E-state index contributed by atoms with van der Waals surface area (Å²) in [6, 6.07) is 0.498. The molecule has 0 bridgehead atoms. The van der Waals surface area contributed by atoms with E-state index in [1.807, 2.05) is 4.57 Å². The molecule has 1 saturated heterocycles. The van der Waals surface area contributed by atoms with Gasteiger partial charge in [0.05, 0.1) is 17.1 Å². The number of likely N-dealkylation sites (tertiary alicyclic amines) is 1. The van der Waals surface area contributed by atoms with Gasteiger partial charge in [0.2, 0.25) is 15.0 Å². The van der Waals surface area contributed by atoms with Crippen molar-refractivity contribution in [1.29, 1.82) is 0 Å². The molecule has 0 spiro atoms. The minimum atomic E-state index is -3.39. The Balaban J connectivity index is 2.28. The molecule has 0 amide bonds. The zero-order valence-corrected chi connectivity index (χ0v) is 18.5. The molecule has 0 aliphatic carbocycles. The maximum atomic E-state index is 12.8. The number of ether oxygens (including phenoxy) is 1. The van der Waals surface area contributed by atoms with Gasteiger partial charge in [-0.1, -0.05) is 20.3 Å². The average Bonchev–Trinajstić information content (AvgIpc) is 3.02. The summed E-state index contributed by atoms with van der Waals surface area (Å²) < 4.78 is 32.8. The lowest BCUT2D eigenvalue weighted by Gasteiger charge is -2.35. The van der Waals surface area contributed by atoms with Crippen LogP contribution in [0, 0.1) is 5.92 Å². The van der Waals surface area contributed by atoms with Crippen molar-refractivity contribution in [3.63, 3.8) is 0 Å². The molecule has 156 valence electrons. The molecule has 0 saturated carbocycles. The van der Waals surface area contributed by atoms with Gasteiger partial charge in [-0.25, -0.2) is 13.4 Å². The third kappa shape index (κ3) is 5.78. The molecule has 0 aromatic carbocycles. The highest BCUT2D eigenvalue weighted by Crippen LogP contribution is 2.24. The second-order valence-corrected chi connectivity index (χ2v) is 10.8. The van der Waals surface area contributed by atoms with Crippen LogP contribution in [0.2, 0.25) is 0 Å². The fourth-order valence-corrected chi connectivity index (χ4v) is 4.78. The first-order valence-corrected chi connectivity index (χ1v) is 11.8. The van der Waals surface area contributed by atoms with Crippen LogP contribution in [0.5, 0.6) is 0 Å². The van der Waals surface area contributed by atoms with E-state index < -0.39 is 15.1 Å². The van der Waals surface area contributed by atoms with Gasteiger partial charge < -0.3 is 9.30 Å². The second-order valence-electron chi connectivity index (χ2n) is 8.36. The first-order valence-electron chi connectivity index (χ1n) is 10.3. The Hall–Kier alpha value is -0.920. The molecule has 1 atom stereocenters. The molecular weight excluding hydrogens is 362 g/mol. The Morgan fingerprint density at radius 1 is 1.26 bits per heavy atom. The maximum absolute atomic E-state index is 12.8. The van der Waals surface area contributed by atoms with E-state index in [0.717, 1.165) is 38.2 Å². The molecule has 7 heteroatoms. The summed E-state index contributed by atoms with van der Waals surface area (Å²) >= 11 is 0. The number of imidazole rings is 1. The number of nitrogens with zero attached hydrogens (tertiary/aromatic N) is 3. The SMILES string of the molecule is COCCC1CCCCN1Cc1cnc(S(=O)(=O)C(C)C)n1CCC(C)C. The summed E-state index contributed by atoms with van der Waals surface area (Å²) in [6.45, 7) is 11.1. The van der Waals surface area contributed by atoms with Crippen LogP contribution in [0.1, 0.15) is 65.5 Å². The maximum Gasteiger partial charge on any atom is 0.228 e. The lowest BCUT2D eigenvalue weighted by atomic mass is 9.99. The van der Waals surface area contributed by atoms with Crippen LogP contribution >= 0.6 is 0 Å². The fourth-order valence-electron chi connectivity index (χ4n) is 3.64. The summed E-state index contributed by atoms with van der Waals surface area (Å²) in [5.74, 6) is 0.513. The quantitative estimate of drug-likeness (QED) is 0.602. The Bertz CT molecular complexity index is 683. The van der Waals surface area contributed by atoms with Crippen molar-refractivity contribution >= 4 is 9.84 Å². The first-order chi connectivity index (χ1) is 12.8. The molecule has 6 nitrogen and oxygen atoms in total. The topological polar surface area (TPSA) is 64.4 Å². The lowest BCUT2D eigenvalue weighted by molar-refractivity contribution is 0.0951. The van der Waals surface area contributed by atoms with E-state index in [1.54, 1.807) is 27.2 Å². The minimum absolute atomic E-state index is 0.235. The van der Waals surface area contributed by atoms with E-state index in [4.69, 9.17) is 4.74 Å². The number of hydrogen-bond donors (Lipinski definition) is 0. The number of methoxy groups -OCH3 is 1. The molecule has 2 rings (SSSR count). The minimum Gasteiger partial charge on any atom is -0.385 e.